The molecule has 1 aliphatic heterocycles. The summed E-state index contributed by atoms with van der Waals surface area (Å²) in [7, 11) is 0. The Bertz CT molecular complexity index is 1580. The summed E-state index contributed by atoms with van der Waals surface area (Å²) in [5.74, 6) is -1.52. The molecule has 3 aromatic carbocycles. The van der Waals surface area contributed by atoms with E-state index in [0.29, 0.717) is 34.0 Å². The lowest BCUT2D eigenvalue weighted by atomic mass is 9.95. The fourth-order valence-corrected chi connectivity index (χ4v) is 5.29. The van der Waals surface area contributed by atoms with Crippen molar-refractivity contribution in [2.24, 2.45) is 0 Å². The zero-order valence-electron chi connectivity index (χ0n) is 19.3. The Morgan fingerprint density at radius 3 is 2.49 bits per heavy atom. The molecule has 11 heteroatoms. The third-order valence-electron chi connectivity index (χ3n) is 5.85. The standard InChI is InChI=1S/C26H18ClN3O6S/c1-2-36-18-11-12-19-20(13-18)37-26(28-19)29-22(14-5-9-17(10-6-14)30(34)35)21(24(32)25(29)33)23(31)15-3-7-16(27)8-4-15/h3-13,22,31H,2H2,1H3/t22-/m0/s1. The summed E-state index contributed by atoms with van der Waals surface area (Å²) in [5.41, 5.74) is 0.984. The zero-order chi connectivity index (χ0) is 26.3. The smallest absolute Gasteiger partial charge is 0.301 e. The van der Waals surface area contributed by atoms with Crippen LogP contribution in [-0.2, 0) is 9.59 Å². The first-order valence-corrected chi connectivity index (χ1v) is 12.3. The van der Waals surface area contributed by atoms with E-state index in [0.717, 1.165) is 4.70 Å². The Hall–Kier alpha value is -4.28. The molecule has 1 fully saturated rings. The number of carbonyl (C=O) groups excluding carboxylic acids is 2. The molecule has 2 heterocycles. The van der Waals surface area contributed by atoms with Gasteiger partial charge in [-0.2, -0.15) is 0 Å². The van der Waals surface area contributed by atoms with Crippen molar-refractivity contribution < 1.29 is 24.4 Å². The van der Waals surface area contributed by atoms with Gasteiger partial charge in [-0.3, -0.25) is 24.6 Å². The Kier molecular flexibility index (Phi) is 6.36. The minimum Gasteiger partial charge on any atom is -0.507 e. The van der Waals surface area contributed by atoms with E-state index in [1.807, 2.05) is 6.92 Å². The molecule has 4 aromatic rings. The number of aromatic nitrogens is 1. The number of carbonyl (C=O) groups is 2. The highest BCUT2D eigenvalue weighted by molar-refractivity contribution is 7.22. The van der Waals surface area contributed by atoms with Gasteiger partial charge >= 0.3 is 5.91 Å². The van der Waals surface area contributed by atoms with Gasteiger partial charge in [0.25, 0.3) is 11.5 Å². The number of aliphatic hydroxyl groups excluding tert-OH is 1. The minimum atomic E-state index is -1.07. The Balaban J connectivity index is 1.69. The maximum atomic E-state index is 13.4. The molecular formula is C26H18ClN3O6S. The van der Waals surface area contributed by atoms with E-state index in [1.165, 1.54) is 52.6 Å². The fourth-order valence-electron chi connectivity index (χ4n) is 4.14. The number of fused-ring (bicyclic) bond motifs is 1. The third-order valence-corrected chi connectivity index (χ3v) is 7.12. The summed E-state index contributed by atoms with van der Waals surface area (Å²) in [6.45, 7) is 2.35. The molecule has 1 aliphatic rings. The van der Waals surface area contributed by atoms with Crippen molar-refractivity contribution in [2.45, 2.75) is 13.0 Å². The third kappa shape index (κ3) is 4.41. The summed E-state index contributed by atoms with van der Waals surface area (Å²) >= 11 is 7.16. The quantitative estimate of drug-likeness (QED) is 0.107. The average Bonchev–Trinajstić information content (AvgIpc) is 3.42. The highest BCUT2D eigenvalue weighted by atomic mass is 35.5. The minimum absolute atomic E-state index is 0.151. The van der Waals surface area contributed by atoms with E-state index in [4.69, 9.17) is 16.3 Å². The first kappa shape index (κ1) is 24.4. The van der Waals surface area contributed by atoms with Crippen LogP contribution >= 0.6 is 22.9 Å². The van der Waals surface area contributed by atoms with Gasteiger partial charge in [-0.05, 0) is 67.1 Å². The van der Waals surface area contributed by atoms with E-state index < -0.39 is 22.7 Å². The number of anilines is 1. The SMILES string of the molecule is CCOc1ccc2nc(N3C(=O)C(=O)C(=C(O)c4ccc(Cl)cc4)[C@@H]3c3ccc([N+](=O)[O-])cc3)sc2c1. The van der Waals surface area contributed by atoms with Crippen LogP contribution in [0.5, 0.6) is 5.75 Å². The normalized spacial score (nSPS) is 16.9. The number of rotatable bonds is 6. The van der Waals surface area contributed by atoms with Crippen LogP contribution in [0.25, 0.3) is 16.0 Å². The number of nitrogens with zero attached hydrogens (tertiary/aromatic N) is 3. The first-order valence-electron chi connectivity index (χ1n) is 11.1. The molecule has 0 saturated carbocycles. The summed E-state index contributed by atoms with van der Waals surface area (Å²) in [5, 5.41) is 23.0. The first-order chi connectivity index (χ1) is 17.8. The molecule has 37 heavy (non-hydrogen) atoms. The maximum Gasteiger partial charge on any atom is 0.301 e. The number of amides is 1. The van der Waals surface area contributed by atoms with Crippen LogP contribution in [0.2, 0.25) is 5.02 Å². The van der Waals surface area contributed by atoms with Crippen molar-refractivity contribution in [2.75, 3.05) is 11.5 Å². The molecule has 0 spiro atoms. The van der Waals surface area contributed by atoms with Crippen LogP contribution in [0, 0.1) is 10.1 Å². The van der Waals surface area contributed by atoms with Gasteiger partial charge in [0.2, 0.25) is 0 Å². The van der Waals surface area contributed by atoms with Crippen molar-refractivity contribution in [1.29, 1.82) is 0 Å². The van der Waals surface area contributed by atoms with Crippen LogP contribution in [0.1, 0.15) is 24.1 Å². The van der Waals surface area contributed by atoms with Gasteiger partial charge in [0.1, 0.15) is 11.5 Å². The van der Waals surface area contributed by atoms with Gasteiger partial charge in [-0.15, -0.1) is 0 Å². The lowest BCUT2D eigenvalue weighted by Gasteiger charge is -2.22. The van der Waals surface area contributed by atoms with E-state index in [2.05, 4.69) is 4.98 Å². The number of ketones is 1. The highest BCUT2D eigenvalue weighted by Gasteiger charge is 2.48. The monoisotopic (exact) mass is 535 g/mol. The van der Waals surface area contributed by atoms with Crippen LogP contribution in [0.15, 0.2) is 72.3 Å². The number of hydrogen-bond acceptors (Lipinski definition) is 8. The van der Waals surface area contributed by atoms with Gasteiger partial charge in [-0.1, -0.05) is 22.9 Å². The van der Waals surface area contributed by atoms with E-state index in [1.54, 1.807) is 30.3 Å². The molecule has 1 aromatic heterocycles. The number of ether oxygens (including phenoxy) is 1. The maximum absolute atomic E-state index is 13.4. The van der Waals surface area contributed by atoms with Gasteiger partial charge < -0.3 is 9.84 Å². The lowest BCUT2D eigenvalue weighted by Crippen LogP contribution is -2.29. The van der Waals surface area contributed by atoms with Crippen molar-refractivity contribution in [3.63, 3.8) is 0 Å². The fraction of sp³-hybridized carbons (Fsp3) is 0.115. The number of hydrogen-bond donors (Lipinski definition) is 1. The van der Waals surface area contributed by atoms with Crippen LogP contribution in [0.3, 0.4) is 0 Å². The van der Waals surface area contributed by atoms with E-state index in [9.17, 15) is 24.8 Å². The number of thiazole rings is 1. The average molecular weight is 536 g/mol. The summed E-state index contributed by atoms with van der Waals surface area (Å²) in [4.78, 5) is 43.1. The molecule has 1 N–H and O–H groups in total. The van der Waals surface area contributed by atoms with E-state index in [-0.39, 0.29) is 22.2 Å². The summed E-state index contributed by atoms with van der Waals surface area (Å²) in [6.07, 6.45) is 0. The number of nitro benzene ring substituents is 1. The topological polar surface area (TPSA) is 123 Å². The second-order valence-corrected chi connectivity index (χ2v) is 9.53. The second kappa shape index (κ2) is 9.64. The molecule has 9 nitrogen and oxygen atoms in total. The number of non-ortho nitro benzene ring substituents is 1. The Morgan fingerprint density at radius 2 is 1.84 bits per heavy atom. The summed E-state index contributed by atoms with van der Waals surface area (Å²) in [6, 6.07) is 15.9. The molecule has 1 atom stereocenters. The Morgan fingerprint density at radius 1 is 1.14 bits per heavy atom. The molecule has 0 aliphatic carbocycles. The lowest BCUT2D eigenvalue weighted by molar-refractivity contribution is -0.384. The van der Waals surface area contributed by atoms with Crippen LogP contribution in [-0.4, -0.2) is 33.3 Å². The second-order valence-electron chi connectivity index (χ2n) is 8.08. The zero-order valence-corrected chi connectivity index (χ0v) is 20.8. The van der Waals surface area contributed by atoms with Crippen molar-refractivity contribution in [1.82, 2.24) is 4.98 Å². The molecular weight excluding hydrogens is 518 g/mol. The van der Waals surface area contributed by atoms with Crippen molar-refractivity contribution in [3.8, 4) is 5.75 Å². The predicted octanol–water partition coefficient (Wildman–Crippen LogP) is 5.88. The number of benzene rings is 3. The molecule has 0 unspecified atom stereocenters. The van der Waals surface area contributed by atoms with Crippen molar-refractivity contribution >= 4 is 61.4 Å². The summed E-state index contributed by atoms with van der Waals surface area (Å²) < 4.78 is 6.29. The van der Waals surface area contributed by atoms with Crippen LogP contribution in [0.4, 0.5) is 10.8 Å². The van der Waals surface area contributed by atoms with Crippen LogP contribution < -0.4 is 9.64 Å². The molecule has 0 radical (unpaired) electrons. The largest absolute Gasteiger partial charge is 0.507 e. The van der Waals surface area contributed by atoms with Gasteiger partial charge in [-0.25, -0.2) is 4.98 Å². The van der Waals surface area contributed by atoms with Gasteiger partial charge in [0, 0.05) is 22.7 Å². The van der Waals surface area contributed by atoms with E-state index >= 15 is 0 Å². The predicted molar refractivity (Wildman–Crippen MR) is 140 cm³/mol. The number of nitro groups is 1. The number of Topliss-reactive ketones (excluding diaryl/α,β-unsaturated/α-hetero) is 1. The molecule has 1 amide bonds. The van der Waals surface area contributed by atoms with Crippen molar-refractivity contribution in [3.05, 3.63) is 98.6 Å². The number of aliphatic hydroxyl groups is 1. The van der Waals surface area contributed by atoms with Gasteiger partial charge in [0.15, 0.2) is 5.13 Å². The molecule has 5 rings (SSSR count). The Labute approximate surface area is 219 Å². The molecule has 0 bridgehead atoms. The van der Waals surface area contributed by atoms with Gasteiger partial charge in [0.05, 0.1) is 33.4 Å². The molecule has 1 saturated heterocycles. The highest BCUT2D eigenvalue weighted by Crippen LogP contribution is 2.45. The molecule has 186 valence electrons. The number of halogens is 1.